The summed E-state index contributed by atoms with van der Waals surface area (Å²) >= 11 is 0.488. The number of rotatable bonds is 4. The molecule has 0 aromatic carbocycles. The molecule has 0 saturated heterocycles. The van der Waals surface area contributed by atoms with Crippen LogP contribution in [0.25, 0.3) is 0 Å². The van der Waals surface area contributed by atoms with Crippen LogP contribution in [0.3, 0.4) is 0 Å². The fourth-order valence-corrected chi connectivity index (χ4v) is 1.90. The Morgan fingerprint density at radius 3 is 2.47 bits per heavy atom. The highest BCUT2D eigenvalue weighted by Gasteiger charge is 2.45. The predicted molar refractivity (Wildman–Crippen MR) is 57.0 cm³/mol. The topological polar surface area (TPSA) is 101 Å². The number of carbonyl (C=O) groups excluding carboxylic acids is 1. The lowest BCUT2D eigenvalue weighted by molar-refractivity contribution is -0.379. The first kappa shape index (κ1) is 14.9. The number of amides is 1. The molecule has 0 atom stereocenters. The largest absolute Gasteiger partial charge is 0.480 e. The number of hydrogen-bond acceptors (Lipinski definition) is 5. The molecule has 0 fully saturated rings. The van der Waals surface area contributed by atoms with Crippen molar-refractivity contribution in [1.29, 1.82) is 0 Å². The van der Waals surface area contributed by atoms with E-state index < -0.39 is 40.2 Å². The highest BCUT2D eigenvalue weighted by atomic mass is 32.1. The SMILES string of the molecule is O=C(O)CN(C(=O)C(F)(F)F)c1ccsc1[N+](=O)[O-]. The Labute approximate surface area is 107 Å². The van der Waals surface area contributed by atoms with Crippen LogP contribution in [0.15, 0.2) is 11.4 Å². The van der Waals surface area contributed by atoms with E-state index in [1.807, 2.05) is 0 Å². The molecular formula is C8H5F3N2O5S. The van der Waals surface area contributed by atoms with Gasteiger partial charge in [0.2, 0.25) is 0 Å². The summed E-state index contributed by atoms with van der Waals surface area (Å²) in [5.74, 6) is -4.20. The van der Waals surface area contributed by atoms with Crippen molar-refractivity contribution in [3.05, 3.63) is 21.6 Å². The molecule has 0 spiro atoms. The maximum atomic E-state index is 12.3. The van der Waals surface area contributed by atoms with Gasteiger partial charge in [0.1, 0.15) is 12.2 Å². The first-order chi connectivity index (χ1) is 8.64. The second-order valence-corrected chi connectivity index (χ2v) is 4.05. The standard InChI is InChI=1S/C8H5F3N2O5S/c9-8(10,11)7(16)12(3-5(14)15)4-1-2-19-6(4)13(17)18/h1-2H,3H2,(H,14,15). The summed E-state index contributed by atoms with van der Waals surface area (Å²) < 4.78 is 37.0. The van der Waals surface area contributed by atoms with E-state index in [0.29, 0.717) is 11.3 Å². The van der Waals surface area contributed by atoms with E-state index in [0.717, 1.165) is 11.4 Å². The quantitative estimate of drug-likeness (QED) is 0.672. The summed E-state index contributed by atoms with van der Waals surface area (Å²) in [6, 6.07) is 0.884. The highest BCUT2D eigenvalue weighted by Crippen LogP contribution is 2.35. The number of thiophene rings is 1. The van der Waals surface area contributed by atoms with Crippen LogP contribution in [0.5, 0.6) is 0 Å². The number of carboxylic acid groups (broad SMARTS) is 1. The van der Waals surface area contributed by atoms with Crippen LogP contribution in [0.1, 0.15) is 0 Å². The second-order valence-electron chi connectivity index (χ2n) is 3.15. The van der Waals surface area contributed by atoms with Gasteiger partial charge in [0, 0.05) is 0 Å². The van der Waals surface area contributed by atoms with Gasteiger partial charge < -0.3 is 5.11 Å². The predicted octanol–water partition coefficient (Wildman–Crippen LogP) is 1.64. The first-order valence-electron chi connectivity index (χ1n) is 4.47. The van der Waals surface area contributed by atoms with Gasteiger partial charge in [0.05, 0.1) is 4.92 Å². The zero-order valence-corrected chi connectivity index (χ0v) is 9.70. The molecule has 19 heavy (non-hydrogen) atoms. The molecule has 104 valence electrons. The normalized spacial score (nSPS) is 11.1. The molecule has 0 aliphatic carbocycles. The number of hydrogen-bond donors (Lipinski definition) is 1. The summed E-state index contributed by atoms with van der Waals surface area (Å²) in [4.78, 5) is 31.0. The summed E-state index contributed by atoms with van der Waals surface area (Å²) in [5.41, 5.74) is -0.695. The monoisotopic (exact) mass is 298 g/mol. The van der Waals surface area contributed by atoms with Gasteiger partial charge in [0.25, 0.3) is 0 Å². The van der Waals surface area contributed by atoms with Crippen molar-refractivity contribution in [2.24, 2.45) is 0 Å². The van der Waals surface area contributed by atoms with Crippen LogP contribution in [-0.4, -0.2) is 34.6 Å². The molecule has 1 rings (SSSR count). The minimum atomic E-state index is -5.33. The Balaban J connectivity index is 3.24. The van der Waals surface area contributed by atoms with Crippen LogP contribution >= 0.6 is 11.3 Å². The number of nitro groups is 1. The molecule has 1 N–H and O–H groups in total. The van der Waals surface area contributed by atoms with Crippen LogP contribution in [0, 0.1) is 10.1 Å². The van der Waals surface area contributed by atoms with Crippen LogP contribution in [0.2, 0.25) is 0 Å². The zero-order chi connectivity index (χ0) is 14.8. The molecular weight excluding hydrogens is 293 g/mol. The number of alkyl halides is 3. The molecule has 0 aliphatic heterocycles. The number of carboxylic acids is 1. The first-order valence-corrected chi connectivity index (χ1v) is 5.35. The molecule has 11 heteroatoms. The summed E-state index contributed by atoms with van der Waals surface area (Å²) in [6.07, 6.45) is -5.33. The van der Waals surface area contributed by atoms with Crippen molar-refractivity contribution in [3.8, 4) is 0 Å². The van der Waals surface area contributed by atoms with Gasteiger partial charge >= 0.3 is 23.1 Å². The number of carbonyl (C=O) groups is 2. The van der Waals surface area contributed by atoms with Gasteiger partial charge in [-0.25, -0.2) is 0 Å². The van der Waals surface area contributed by atoms with Crippen LogP contribution in [-0.2, 0) is 9.59 Å². The Bertz CT molecular complexity index is 527. The molecule has 1 heterocycles. The Kier molecular flexibility index (Phi) is 4.09. The number of halogens is 3. The van der Waals surface area contributed by atoms with Crippen molar-refractivity contribution in [2.75, 3.05) is 11.4 Å². The van der Waals surface area contributed by atoms with Gasteiger partial charge in [-0.3, -0.25) is 24.6 Å². The Hall–Kier alpha value is -2.17. The van der Waals surface area contributed by atoms with Gasteiger partial charge in [-0.15, -0.1) is 0 Å². The zero-order valence-electron chi connectivity index (χ0n) is 8.88. The van der Waals surface area contributed by atoms with Crippen molar-refractivity contribution >= 4 is 33.9 Å². The molecule has 0 bridgehead atoms. The van der Waals surface area contributed by atoms with Crippen molar-refractivity contribution < 1.29 is 32.8 Å². The Morgan fingerprint density at radius 2 is 2.05 bits per heavy atom. The van der Waals surface area contributed by atoms with E-state index in [9.17, 15) is 32.9 Å². The number of aliphatic carboxylic acids is 1. The summed E-state index contributed by atoms with van der Waals surface area (Å²) in [7, 11) is 0. The van der Waals surface area contributed by atoms with Crippen molar-refractivity contribution in [1.82, 2.24) is 0 Å². The average Bonchev–Trinajstić information content (AvgIpc) is 2.71. The third-order valence-corrected chi connectivity index (χ3v) is 2.72. The Morgan fingerprint density at radius 1 is 1.47 bits per heavy atom. The number of anilines is 1. The molecule has 0 aliphatic rings. The van der Waals surface area contributed by atoms with Gasteiger partial charge in [-0.05, 0) is 11.4 Å². The lowest BCUT2D eigenvalue weighted by Gasteiger charge is -2.19. The number of nitrogens with zero attached hydrogens (tertiary/aromatic N) is 2. The maximum absolute atomic E-state index is 12.3. The molecule has 1 amide bonds. The van der Waals surface area contributed by atoms with E-state index >= 15 is 0 Å². The van der Waals surface area contributed by atoms with E-state index in [1.165, 1.54) is 0 Å². The summed E-state index contributed by atoms with van der Waals surface area (Å²) in [5, 5.41) is 19.4. The molecule has 1 aromatic rings. The maximum Gasteiger partial charge on any atom is 0.471 e. The van der Waals surface area contributed by atoms with E-state index in [4.69, 9.17) is 5.11 Å². The smallest absolute Gasteiger partial charge is 0.471 e. The molecule has 1 aromatic heterocycles. The van der Waals surface area contributed by atoms with Crippen LogP contribution in [0.4, 0.5) is 23.9 Å². The van der Waals surface area contributed by atoms with E-state index in [2.05, 4.69) is 0 Å². The fourth-order valence-electron chi connectivity index (χ4n) is 1.19. The lowest BCUT2D eigenvalue weighted by atomic mass is 10.3. The minimum absolute atomic E-state index is 0.184. The summed E-state index contributed by atoms with van der Waals surface area (Å²) in [6.45, 7) is -1.32. The van der Waals surface area contributed by atoms with Crippen molar-refractivity contribution in [2.45, 2.75) is 6.18 Å². The molecule has 7 nitrogen and oxygen atoms in total. The third-order valence-electron chi connectivity index (χ3n) is 1.86. The third kappa shape index (κ3) is 3.40. The molecule has 0 saturated carbocycles. The van der Waals surface area contributed by atoms with Gasteiger partial charge in [0.15, 0.2) is 0 Å². The van der Waals surface area contributed by atoms with E-state index in [1.54, 1.807) is 0 Å². The molecule has 0 unspecified atom stereocenters. The second kappa shape index (κ2) is 5.22. The fraction of sp³-hybridized carbons (Fsp3) is 0.250. The van der Waals surface area contributed by atoms with E-state index in [-0.39, 0.29) is 4.90 Å². The molecule has 0 radical (unpaired) electrons. The van der Waals surface area contributed by atoms with Gasteiger partial charge in [-0.1, -0.05) is 11.3 Å². The highest BCUT2D eigenvalue weighted by molar-refractivity contribution is 7.14. The van der Waals surface area contributed by atoms with Gasteiger partial charge in [-0.2, -0.15) is 13.2 Å². The lowest BCUT2D eigenvalue weighted by Crippen LogP contribution is -2.44. The van der Waals surface area contributed by atoms with Crippen LogP contribution < -0.4 is 4.90 Å². The minimum Gasteiger partial charge on any atom is -0.480 e. The average molecular weight is 298 g/mol. The van der Waals surface area contributed by atoms with Crippen molar-refractivity contribution in [3.63, 3.8) is 0 Å².